The van der Waals surface area contributed by atoms with Crippen LogP contribution in [0.4, 0.5) is 11.9 Å². The fourth-order valence-corrected chi connectivity index (χ4v) is 2.59. The molecule has 0 bridgehead atoms. The Morgan fingerprint density at radius 2 is 0.705 bits per heavy atom. The highest BCUT2D eigenvalue weighted by molar-refractivity contribution is 5.78. The maximum atomic E-state index is 9.64. The highest BCUT2D eigenvalue weighted by Crippen LogP contribution is 2.11. The van der Waals surface area contributed by atoms with Crippen LogP contribution >= 0.6 is 0 Å². The zero-order valence-corrected chi connectivity index (χ0v) is 23.0. The molecule has 0 aliphatic rings. The molecule has 18 heteroatoms. The van der Waals surface area contributed by atoms with E-state index in [0.717, 1.165) is 22.1 Å². The first kappa shape index (κ1) is 37.8. The van der Waals surface area contributed by atoms with Crippen LogP contribution in [-0.4, -0.2) is 86.4 Å². The highest BCUT2D eigenvalue weighted by atomic mass is 16.4. The van der Waals surface area contributed by atoms with E-state index in [0.29, 0.717) is 11.9 Å². The summed E-state index contributed by atoms with van der Waals surface area (Å²) in [5.74, 6) is -5.51. The van der Waals surface area contributed by atoms with Gasteiger partial charge in [0.1, 0.15) is 0 Å². The number of aromatic nitrogens is 4. The van der Waals surface area contributed by atoms with Crippen molar-refractivity contribution in [2.45, 2.75) is 38.5 Å². The van der Waals surface area contributed by atoms with Crippen LogP contribution in [0.1, 0.15) is 38.5 Å². The van der Waals surface area contributed by atoms with Gasteiger partial charge in [0.2, 0.25) is 0 Å². The van der Waals surface area contributed by atoms with Gasteiger partial charge in [-0.1, -0.05) is 24.3 Å². The van der Waals surface area contributed by atoms with Crippen LogP contribution in [0.25, 0.3) is 22.1 Å². The highest BCUT2D eigenvalue weighted by Gasteiger charge is 2.02. The van der Waals surface area contributed by atoms with Crippen molar-refractivity contribution in [1.29, 1.82) is 0 Å². The van der Waals surface area contributed by atoms with Crippen LogP contribution in [0.2, 0.25) is 0 Å². The molecular formula is C26H32N6O12. The van der Waals surface area contributed by atoms with Crippen LogP contribution in [0.15, 0.2) is 48.5 Å². The van der Waals surface area contributed by atoms with Crippen molar-refractivity contribution in [3.63, 3.8) is 0 Å². The Hall–Kier alpha value is -6.20. The minimum absolute atomic E-state index is 0.296. The molecule has 44 heavy (non-hydrogen) atoms. The average Bonchev–Trinajstić information content (AvgIpc) is 3.51. The molecule has 0 fully saturated rings. The van der Waals surface area contributed by atoms with Crippen molar-refractivity contribution in [2.24, 2.45) is 0 Å². The molecule has 4 rings (SSSR count). The summed E-state index contributed by atoms with van der Waals surface area (Å²) < 4.78 is 0. The number of fused-ring (bicyclic) bond motifs is 2. The summed E-state index contributed by atoms with van der Waals surface area (Å²) in [5, 5.41) is 47.4. The summed E-state index contributed by atoms with van der Waals surface area (Å²) in [7, 11) is 0. The Balaban J connectivity index is 0.000000529. The largest absolute Gasteiger partial charge is 0.481 e. The topological polar surface area (TPSA) is 333 Å². The zero-order chi connectivity index (χ0) is 33.7. The van der Waals surface area contributed by atoms with E-state index in [1.165, 1.54) is 0 Å². The Labute approximate surface area is 248 Å². The van der Waals surface area contributed by atoms with Gasteiger partial charge in [0, 0.05) is 0 Å². The van der Waals surface area contributed by atoms with Crippen LogP contribution in [-0.2, 0) is 28.8 Å². The molecule has 4 aromatic rings. The number of H-pyrrole nitrogens is 2. The lowest BCUT2D eigenvalue weighted by atomic mass is 10.3. The Bertz CT molecular complexity index is 1290. The minimum Gasteiger partial charge on any atom is -0.481 e. The molecule has 2 aromatic carbocycles. The molecule has 0 radical (unpaired) electrons. The first-order chi connectivity index (χ1) is 20.6. The third-order valence-electron chi connectivity index (χ3n) is 4.47. The van der Waals surface area contributed by atoms with Gasteiger partial charge in [0.15, 0.2) is 11.9 Å². The number of nitrogens with zero attached hydrogens (tertiary/aromatic N) is 2. The van der Waals surface area contributed by atoms with Crippen molar-refractivity contribution in [3.05, 3.63) is 48.5 Å². The van der Waals surface area contributed by atoms with Crippen LogP contribution in [0, 0.1) is 0 Å². The van der Waals surface area contributed by atoms with E-state index in [1.54, 1.807) is 0 Å². The number of para-hydroxylation sites is 4. The number of nitrogen functional groups attached to an aromatic ring is 2. The summed E-state index contributed by atoms with van der Waals surface area (Å²) in [4.78, 5) is 71.8. The quantitative estimate of drug-likeness (QED) is 0.128. The summed E-state index contributed by atoms with van der Waals surface area (Å²) >= 11 is 0. The van der Waals surface area contributed by atoms with Crippen molar-refractivity contribution in [3.8, 4) is 0 Å². The predicted molar refractivity (Wildman–Crippen MR) is 155 cm³/mol. The van der Waals surface area contributed by atoms with Crippen LogP contribution in [0.3, 0.4) is 0 Å². The molecule has 0 unspecified atom stereocenters. The number of imidazole rings is 2. The molecule has 0 amide bonds. The second kappa shape index (κ2) is 20.6. The van der Waals surface area contributed by atoms with Gasteiger partial charge in [0.05, 0.1) is 60.6 Å². The first-order valence-corrected chi connectivity index (χ1v) is 12.3. The number of carboxylic acids is 6. The van der Waals surface area contributed by atoms with Gasteiger partial charge < -0.3 is 52.1 Å². The number of anilines is 2. The van der Waals surface area contributed by atoms with E-state index >= 15 is 0 Å². The third kappa shape index (κ3) is 19.8. The lowest BCUT2D eigenvalue weighted by Crippen LogP contribution is -2.00. The van der Waals surface area contributed by atoms with Gasteiger partial charge >= 0.3 is 35.8 Å². The Morgan fingerprint density at radius 3 is 0.909 bits per heavy atom. The Kier molecular flexibility index (Phi) is 17.7. The smallest absolute Gasteiger partial charge is 0.303 e. The number of hydrogen-bond donors (Lipinski definition) is 10. The molecule has 18 nitrogen and oxygen atoms in total. The van der Waals surface area contributed by atoms with E-state index in [4.69, 9.17) is 42.1 Å². The van der Waals surface area contributed by atoms with Crippen molar-refractivity contribution >= 4 is 69.8 Å². The first-order valence-electron chi connectivity index (χ1n) is 12.3. The maximum Gasteiger partial charge on any atom is 0.303 e. The molecule has 238 valence electrons. The van der Waals surface area contributed by atoms with Crippen LogP contribution < -0.4 is 11.5 Å². The van der Waals surface area contributed by atoms with Gasteiger partial charge in [-0.3, -0.25) is 28.8 Å². The van der Waals surface area contributed by atoms with E-state index in [1.807, 2.05) is 48.5 Å². The molecule has 0 atom stereocenters. The van der Waals surface area contributed by atoms with Gasteiger partial charge in [-0.05, 0) is 24.3 Å². The van der Waals surface area contributed by atoms with Gasteiger partial charge in [0.25, 0.3) is 0 Å². The van der Waals surface area contributed by atoms with Crippen molar-refractivity contribution < 1.29 is 59.4 Å². The van der Waals surface area contributed by atoms with E-state index in [9.17, 15) is 28.8 Å². The average molecular weight is 621 g/mol. The molecule has 0 aliphatic heterocycles. The number of aromatic amines is 2. The SMILES string of the molecule is Nc1nc2ccccc2[nH]1.Nc1nc2ccccc2[nH]1.O=C(O)CCC(=O)O.O=C(O)CCC(=O)O.O=C(O)CCC(=O)O. The van der Waals surface area contributed by atoms with E-state index in [2.05, 4.69) is 19.9 Å². The molecule has 12 N–H and O–H groups in total. The number of rotatable bonds is 9. The lowest BCUT2D eigenvalue weighted by molar-refractivity contribution is -0.143. The van der Waals surface area contributed by atoms with Gasteiger partial charge in [-0.2, -0.15) is 0 Å². The minimum atomic E-state index is -1.08. The van der Waals surface area contributed by atoms with Crippen molar-refractivity contribution in [1.82, 2.24) is 19.9 Å². The molecule has 2 heterocycles. The number of nitrogens with one attached hydrogen (secondary N) is 2. The molecule has 0 spiro atoms. The predicted octanol–water partition coefficient (Wildman–Crippen LogP) is 2.10. The third-order valence-corrected chi connectivity index (χ3v) is 4.47. The van der Waals surface area contributed by atoms with E-state index < -0.39 is 35.8 Å². The van der Waals surface area contributed by atoms with Crippen molar-refractivity contribution in [2.75, 3.05) is 11.5 Å². The van der Waals surface area contributed by atoms with Crippen LogP contribution in [0.5, 0.6) is 0 Å². The number of aliphatic carboxylic acids is 6. The monoisotopic (exact) mass is 620 g/mol. The standard InChI is InChI=1S/2C7H7N3.3C4H6O4/c2*8-7-9-5-3-1-2-4-6(5)10-7;3*5-3(6)1-2-4(7)8/h2*1-4H,(H3,8,9,10);3*1-2H2,(H,5,6)(H,7,8). The maximum absolute atomic E-state index is 9.64. The summed E-state index contributed by atoms with van der Waals surface area (Å²) in [6.07, 6.45) is -1.78. The van der Waals surface area contributed by atoms with Gasteiger partial charge in [-0.25, -0.2) is 9.97 Å². The summed E-state index contributed by atoms with van der Waals surface area (Å²) in [6.45, 7) is 0. The molecule has 0 saturated heterocycles. The molecular weight excluding hydrogens is 588 g/mol. The number of hydrogen-bond acceptors (Lipinski definition) is 10. The number of nitrogens with two attached hydrogens (primary N) is 2. The fourth-order valence-electron chi connectivity index (χ4n) is 2.59. The molecule has 2 aromatic heterocycles. The number of carboxylic acid groups (broad SMARTS) is 6. The Morgan fingerprint density at radius 1 is 0.477 bits per heavy atom. The summed E-state index contributed by atoms with van der Waals surface area (Å²) in [5.41, 5.74) is 14.7. The molecule has 0 saturated carbocycles. The van der Waals surface area contributed by atoms with E-state index in [-0.39, 0.29) is 38.5 Å². The second-order valence-electron chi connectivity index (χ2n) is 8.14. The molecule has 0 aliphatic carbocycles. The second-order valence-corrected chi connectivity index (χ2v) is 8.14. The number of carbonyl (C=O) groups is 6. The van der Waals surface area contributed by atoms with Gasteiger partial charge in [-0.15, -0.1) is 0 Å². The zero-order valence-electron chi connectivity index (χ0n) is 23.0. The lowest BCUT2D eigenvalue weighted by Gasteiger charge is -1.85. The summed E-state index contributed by atoms with van der Waals surface area (Å²) in [6, 6.07) is 15.5. The number of benzene rings is 2. The normalized spacial score (nSPS) is 9.36. The fraction of sp³-hybridized carbons (Fsp3) is 0.231.